The van der Waals surface area contributed by atoms with Gasteiger partial charge in [0.2, 0.25) is 5.91 Å². The maximum absolute atomic E-state index is 13.3. The lowest BCUT2D eigenvalue weighted by atomic mass is 9.95. The minimum absolute atomic E-state index is 0.0272. The number of carbonyl (C=O) groups excluding carboxylic acids is 2. The number of methoxy groups -OCH3 is 1. The molecule has 4 rings (SSSR count). The van der Waals surface area contributed by atoms with Crippen LogP contribution in [0.25, 0.3) is 10.8 Å². The van der Waals surface area contributed by atoms with Gasteiger partial charge in [-0.1, -0.05) is 54.6 Å². The molecule has 3 aromatic carbocycles. The largest absolute Gasteiger partial charge is 0.496 e. The van der Waals surface area contributed by atoms with Gasteiger partial charge in [-0.3, -0.25) is 9.59 Å². The number of nitrogens with one attached hydrogen (secondary N) is 1. The van der Waals surface area contributed by atoms with E-state index in [0.717, 1.165) is 35.8 Å². The Labute approximate surface area is 183 Å². The van der Waals surface area contributed by atoms with Gasteiger partial charge in [-0.25, -0.2) is 0 Å². The van der Waals surface area contributed by atoms with E-state index in [1.807, 2.05) is 59.5 Å². The third-order valence-electron chi connectivity index (χ3n) is 5.97. The van der Waals surface area contributed by atoms with Crippen molar-refractivity contribution >= 4 is 22.6 Å². The summed E-state index contributed by atoms with van der Waals surface area (Å²) < 4.78 is 5.45. The molecule has 1 fully saturated rings. The zero-order valence-corrected chi connectivity index (χ0v) is 17.8. The molecule has 2 amide bonds. The normalized spacial score (nSPS) is 16.2. The quantitative estimate of drug-likeness (QED) is 0.659. The summed E-state index contributed by atoms with van der Waals surface area (Å²) in [7, 11) is 1.63. The average molecular weight is 417 g/mol. The Bertz CT molecular complexity index is 1060. The molecule has 31 heavy (non-hydrogen) atoms. The lowest BCUT2D eigenvalue weighted by Gasteiger charge is -2.32. The predicted octanol–water partition coefficient (Wildman–Crippen LogP) is 4.06. The molecule has 0 aromatic heterocycles. The smallest absolute Gasteiger partial charge is 0.254 e. The first-order valence-electron chi connectivity index (χ1n) is 10.8. The van der Waals surface area contributed by atoms with Crippen LogP contribution < -0.4 is 10.1 Å². The van der Waals surface area contributed by atoms with Gasteiger partial charge in [0.05, 0.1) is 13.0 Å². The van der Waals surface area contributed by atoms with Gasteiger partial charge in [0.15, 0.2) is 0 Å². The standard InChI is InChI=1S/C26H28N2O3/c1-31-24-14-13-23(21-11-5-6-12-22(21)24)26(30)28-17-7-10-20(18-28)25(29)27-16-15-19-8-3-2-4-9-19/h2-6,8-9,11-14,20H,7,10,15-18H2,1H3,(H,27,29). The molecule has 1 N–H and O–H groups in total. The van der Waals surface area contributed by atoms with Crippen molar-refractivity contribution < 1.29 is 14.3 Å². The first-order valence-corrected chi connectivity index (χ1v) is 10.8. The van der Waals surface area contributed by atoms with Crippen molar-refractivity contribution in [3.63, 3.8) is 0 Å². The number of fused-ring (bicyclic) bond motifs is 1. The van der Waals surface area contributed by atoms with Crippen molar-refractivity contribution in [1.29, 1.82) is 0 Å². The summed E-state index contributed by atoms with van der Waals surface area (Å²) in [5, 5.41) is 4.85. The topological polar surface area (TPSA) is 58.6 Å². The summed E-state index contributed by atoms with van der Waals surface area (Å²) in [6.07, 6.45) is 2.45. The monoisotopic (exact) mass is 416 g/mol. The van der Waals surface area contributed by atoms with Crippen LogP contribution in [0.2, 0.25) is 0 Å². The van der Waals surface area contributed by atoms with E-state index in [1.54, 1.807) is 7.11 Å². The Morgan fingerprint density at radius 2 is 1.74 bits per heavy atom. The van der Waals surface area contributed by atoms with E-state index in [1.165, 1.54) is 5.56 Å². The number of hydrogen-bond acceptors (Lipinski definition) is 3. The second-order valence-electron chi connectivity index (χ2n) is 7.98. The molecule has 160 valence electrons. The maximum atomic E-state index is 13.3. The van der Waals surface area contributed by atoms with E-state index < -0.39 is 0 Å². The molecular formula is C26H28N2O3. The molecule has 1 aliphatic heterocycles. The van der Waals surface area contributed by atoms with Crippen molar-refractivity contribution in [3.8, 4) is 5.75 Å². The number of likely N-dealkylation sites (tertiary alicyclic amines) is 1. The van der Waals surface area contributed by atoms with Gasteiger partial charge < -0.3 is 15.0 Å². The third-order valence-corrected chi connectivity index (χ3v) is 5.97. The molecule has 0 radical (unpaired) electrons. The minimum Gasteiger partial charge on any atom is -0.496 e. The number of nitrogens with zero attached hydrogens (tertiary/aromatic N) is 1. The van der Waals surface area contributed by atoms with Gasteiger partial charge in [-0.15, -0.1) is 0 Å². The molecule has 1 heterocycles. The maximum Gasteiger partial charge on any atom is 0.254 e. The van der Waals surface area contributed by atoms with Gasteiger partial charge in [-0.2, -0.15) is 0 Å². The molecule has 0 aliphatic carbocycles. The van der Waals surface area contributed by atoms with E-state index in [9.17, 15) is 9.59 Å². The zero-order chi connectivity index (χ0) is 21.6. The molecule has 5 nitrogen and oxygen atoms in total. The fraction of sp³-hybridized carbons (Fsp3) is 0.308. The van der Waals surface area contributed by atoms with Crippen LogP contribution in [0.15, 0.2) is 66.7 Å². The molecule has 5 heteroatoms. The van der Waals surface area contributed by atoms with Crippen LogP contribution in [0.4, 0.5) is 0 Å². The Balaban J connectivity index is 1.42. The lowest BCUT2D eigenvalue weighted by Crippen LogP contribution is -2.45. The molecule has 3 aromatic rings. The van der Waals surface area contributed by atoms with Crippen LogP contribution in [0.5, 0.6) is 5.75 Å². The molecule has 0 bridgehead atoms. The van der Waals surface area contributed by atoms with Gasteiger partial charge in [-0.05, 0) is 42.3 Å². The minimum atomic E-state index is -0.169. The van der Waals surface area contributed by atoms with E-state index in [-0.39, 0.29) is 17.7 Å². The van der Waals surface area contributed by atoms with Crippen molar-refractivity contribution in [2.75, 3.05) is 26.7 Å². The predicted molar refractivity (Wildman–Crippen MR) is 122 cm³/mol. The van der Waals surface area contributed by atoms with Crippen molar-refractivity contribution in [2.24, 2.45) is 5.92 Å². The number of benzene rings is 3. The van der Waals surface area contributed by atoms with Gasteiger partial charge in [0.25, 0.3) is 5.91 Å². The van der Waals surface area contributed by atoms with E-state index in [2.05, 4.69) is 17.4 Å². The molecular weight excluding hydrogens is 388 g/mol. The van der Waals surface area contributed by atoms with Crippen LogP contribution in [-0.2, 0) is 11.2 Å². The Morgan fingerprint density at radius 1 is 1.00 bits per heavy atom. The number of piperidine rings is 1. The molecule has 0 spiro atoms. The highest BCUT2D eigenvalue weighted by atomic mass is 16.5. The Kier molecular flexibility index (Phi) is 6.51. The van der Waals surface area contributed by atoms with Crippen LogP contribution >= 0.6 is 0 Å². The summed E-state index contributed by atoms with van der Waals surface area (Å²) in [5.74, 6) is 0.591. The summed E-state index contributed by atoms with van der Waals surface area (Å²) in [6.45, 7) is 1.74. The fourth-order valence-electron chi connectivity index (χ4n) is 4.30. The number of amides is 2. The van der Waals surface area contributed by atoms with Crippen LogP contribution in [0.3, 0.4) is 0 Å². The zero-order valence-electron chi connectivity index (χ0n) is 17.8. The van der Waals surface area contributed by atoms with E-state index >= 15 is 0 Å². The highest BCUT2D eigenvalue weighted by molar-refractivity contribution is 6.08. The summed E-state index contributed by atoms with van der Waals surface area (Å²) in [6, 6.07) is 21.6. The molecule has 1 aliphatic rings. The number of carbonyl (C=O) groups is 2. The highest BCUT2D eigenvalue weighted by Crippen LogP contribution is 2.30. The third kappa shape index (κ3) is 4.71. The van der Waals surface area contributed by atoms with Crippen LogP contribution in [-0.4, -0.2) is 43.5 Å². The highest BCUT2D eigenvalue weighted by Gasteiger charge is 2.29. The van der Waals surface area contributed by atoms with Gasteiger partial charge in [0, 0.05) is 30.6 Å². The summed E-state index contributed by atoms with van der Waals surface area (Å²) in [5.41, 5.74) is 1.86. The SMILES string of the molecule is COc1ccc(C(=O)N2CCCC(C(=O)NCCc3ccccc3)C2)c2ccccc12. The molecule has 1 saturated heterocycles. The second-order valence-corrected chi connectivity index (χ2v) is 7.98. The first-order chi connectivity index (χ1) is 15.2. The van der Waals surface area contributed by atoms with Crippen LogP contribution in [0, 0.1) is 5.92 Å². The van der Waals surface area contributed by atoms with Crippen LogP contribution in [0.1, 0.15) is 28.8 Å². The van der Waals surface area contributed by atoms with Crippen molar-refractivity contribution in [2.45, 2.75) is 19.3 Å². The summed E-state index contributed by atoms with van der Waals surface area (Å²) >= 11 is 0. The molecule has 1 atom stereocenters. The molecule has 1 unspecified atom stereocenters. The van der Waals surface area contributed by atoms with E-state index in [0.29, 0.717) is 25.2 Å². The van der Waals surface area contributed by atoms with E-state index in [4.69, 9.17) is 4.74 Å². The Morgan fingerprint density at radius 3 is 2.52 bits per heavy atom. The van der Waals surface area contributed by atoms with Gasteiger partial charge in [0.1, 0.15) is 5.75 Å². The number of hydrogen-bond donors (Lipinski definition) is 1. The number of ether oxygens (including phenoxy) is 1. The summed E-state index contributed by atoms with van der Waals surface area (Å²) in [4.78, 5) is 27.9. The molecule has 0 saturated carbocycles. The fourth-order valence-corrected chi connectivity index (χ4v) is 4.30. The number of rotatable bonds is 6. The van der Waals surface area contributed by atoms with Gasteiger partial charge >= 0.3 is 0 Å². The van der Waals surface area contributed by atoms with Crippen molar-refractivity contribution in [3.05, 3.63) is 77.9 Å². The van der Waals surface area contributed by atoms with Crippen molar-refractivity contribution in [1.82, 2.24) is 10.2 Å². The Hall–Kier alpha value is -3.34. The average Bonchev–Trinajstić information content (AvgIpc) is 2.83. The second kappa shape index (κ2) is 9.65. The first kappa shape index (κ1) is 20.9. The lowest BCUT2D eigenvalue weighted by molar-refractivity contribution is -0.126.